The van der Waals surface area contributed by atoms with Crippen LogP contribution in [0.1, 0.15) is 27.2 Å². The van der Waals surface area contributed by atoms with Crippen molar-refractivity contribution in [2.75, 3.05) is 0 Å². The molecule has 2 aromatic carbocycles. The van der Waals surface area contributed by atoms with Gasteiger partial charge in [-0.2, -0.15) is 0 Å². The number of fused-ring (bicyclic) bond motifs is 1. The van der Waals surface area contributed by atoms with E-state index in [4.69, 9.17) is 4.42 Å². The van der Waals surface area contributed by atoms with Crippen LogP contribution >= 0.6 is 0 Å². The van der Waals surface area contributed by atoms with E-state index in [9.17, 15) is 4.79 Å². The molecule has 104 valence electrons. The number of carbonyl (C=O) groups is 1. The third kappa shape index (κ3) is 2.95. The molecular formula is C19H16O2. The van der Waals surface area contributed by atoms with Crippen LogP contribution in [0.5, 0.6) is 0 Å². The lowest BCUT2D eigenvalue weighted by atomic mass is 10.1. The van der Waals surface area contributed by atoms with Gasteiger partial charge < -0.3 is 4.42 Å². The number of hydrogen-bond donors (Lipinski definition) is 0. The van der Waals surface area contributed by atoms with Gasteiger partial charge in [-0.3, -0.25) is 4.79 Å². The molecule has 0 N–H and O–H groups in total. The number of rotatable bonds is 3. The molecule has 2 heteroatoms. The van der Waals surface area contributed by atoms with Gasteiger partial charge in [0, 0.05) is 5.39 Å². The maximum absolute atomic E-state index is 12.2. The second-order valence-electron chi connectivity index (χ2n) is 5.26. The smallest absolute Gasteiger partial charge is 0.221 e. The fraction of sp³-hybridized carbons (Fsp3) is 0.105. The summed E-state index contributed by atoms with van der Waals surface area (Å²) in [6, 6.07) is 15.7. The molecule has 1 heterocycles. The van der Waals surface area contributed by atoms with E-state index in [1.54, 1.807) is 18.2 Å². The SMILES string of the molecule is Cc1ccc(/C=C/C(=O)c2cc3ccc(C)cc3o2)cc1. The molecule has 3 aromatic rings. The van der Waals surface area contributed by atoms with Crippen molar-refractivity contribution in [2.24, 2.45) is 0 Å². The summed E-state index contributed by atoms with van der Waals surface area (Å²) in [5.41, 5.74) is 4.07. The number of ketones is 1. The predicted octanol–water partition coefficient (Wildman–Crippen LogP) is 4.95. The number of allylic oxidation sites excluding steroid dienone is 1. The first-order valence-electron chi connectivity index (χ1n) is 6.91. The summed E-state index contributed by atoms with van der Waals surface area (Å²) in [4.78, 5) is 12.2. The van der Waals surface area contributed by atoms with Crippen LogP contribution in [-0.4, -0.2) is 5.78 Å². The average molecular weight is 276 g/mol. The largest absolute Gasteiger partial charge is 0.453 e. The highest BCUT2D eigenvalue weighted by molar-refractivity contribution is 6.06. The Balaban J connectivity index is 1.84. The molecule has 0 atom stereocenters. The third-order valence-corrected chi connectivity index (χ3v) is 3.42. The number of furan rings is 1. The Labute approximate surface area is 123 Å². The third-order valence-electron chi connectivity index (χ3n) is 3.42. The van der Waals surface area contributed by atoms with Crippen molar-refractivity contribution in [3.8, 4) is 0 Å². The van der Waals surface area contributed by atoms with Gasteiger partial charge in [-0.15, -0.1) is 0 Å². The molecule has 0 fully saturated rings. The molecule has 0 spiro atoms. The van der Waals surface area contributed by atoms with Gasteiger partial charge in [0.25, 0.3) is 0 Å². The zero-order chi connectivity index (χ0) is 14.8. The van der Waals surface area contributed by atoms with E-state index in [1.165, 1.54) is 5.56 Å². The van der Waals surface area contributed by atoms with Crippen LogP contribution in [-0.2, 0) is 0 Å². The molecule has 0 saturated carbocycles. The monoisotopic (exact) mass is 276 g/mol. The average Bonchev–Trinajstić information content (AvgIpc) is 2.89. The molecule has 3 rings (SSSR count). The summed E-state index contributed by atoms with van der Waals surface area (Å²) in [5, 5.41) is 0.952. The fourth-order valence-corrected chi connectivity index (χ4v) is 2.19. The molecular weight excluding hydrogens is 260 g/mol. The maximum atomic E-state index is 12.2. The Morgan fingerprint density at radius 3 is 2.43 bits per heavy atom. The van der Waals surface area contributed by atoms with Crippen LogP contribution in [0, 0.1) is 13.8 Å². The van der Waals surface area contributed by atoms with Crippen LogP contribution in [0.3, 0.4) is 0 Å². The van der Waals surface area contributed by atoms with Crippen molar-refractivity contribution in [3.63, 3.8) is 0 Å². The fourth-order valence-electron chi connectivity index (χ4n) is 2.19. The Hall–Kier alpha value is -2.61. The van der Waals surface area contributed by atoms with Crippen LogP contribution in [0.15, 0.2) is 59.0 Å². The first kappa shape index (κ1) is 13.4. The van der Waals surface area contributed by atoms with E-state index in [2.05, 4.69) is 0 Å². The molecule has 21 heavy (non-hydrogen) atoms. The minimum atomic E-state index is -0.121. The first-order chi connectivity index (χ1) is 10.1. The lowest BCUT2D eigenvalue weighted by molar-refractivity contribution is 0.102. The molecule has 0 radical (unpaired) electrons. The normalized spacial score (nSPS) is 11.3. The number of aryl methyl sites for hydroxylation is 2. The van der Waals surface area contributed by atoms with Gasteiger partial charge in [0.15, 0.2) is 5.76 Å². The standard InChI is InChI=1S/C19H16O2/c1-13-3-6-15(7-4-13)8-10-17(20)19-12-16-9-5-14(2)11-18(16)21-19/h3-12H,1-2H3/b10-8+. The van der Waals surface area contributed by atoms with Gasteiger partial charge >= 0.3 is 0 Å². The lowest BCUT2D eigenvalue weighted by Crippen LogP contribution is -1.90. The highest BCUT2D eigenvalue weighted by Gasteiger charge is 2.09. The summed E-state index contributed by atoms with van der Waals surface area (Å²) >= 11 is 0. The molecule has 0 aliphatic heterocycles. The highest BCUT2D eigenvalue weighted by Crippen LogP contribution is 2.21. The van der Waals surface area contributed by atoms with Gasteiger partial charge in [-0.1, -0.05) is 48.0 Å². The minimum Gasteiger partial charge on any atom is -0.453 e. The summed E-state index contributed by atoms with van der Waals surface area (Å²) in [5.74, 6) is 0.253. The van der Waals surface area contributed by atoms with Crippen LogP contribution in [0.4, 0.5) is 0 Å². The second kappa shape index (κ2) is 5.41. The molecule has 0 aliphatic rings. The predicted molar refractivity (Wildman–Crippen MR) is 85.5 cm³/mol. The number of carbonyl (C=O) groups excluding carboxylic acids is 1. The van der Waals surface area contributed by atoms with Gasteiger partial charge in [0.05, 0.1) is 0 Å². The van der Waals surface area contributed by atoms with Gasteiger partial charge in [0.1, 0.15) is 5.58 Å². The summed E-state index contributed by atoms with van der Waals surface area (Å²) in [6.45, 7) is 4.04. The van der Waals surface area contributed by atoms with Crippen LogP contribution < -0.4 is 0 Å². The van der Waals surface area contributed by atoms with Crippen molar-refractivity contribution in [1.82, 2.24) is 0 Å². The second-order valence-corrected chi connectivity index (χ2v) is 5.26. The van der Waals surface area contributed by atoms with E-state index in [-0.39, 0.29) is 5.78 Å². The van der Waals surface area contributed by atoms with Crippen molar-refractivity contribution in [2.45, 2.75) is 13.8 Å². The van der Waals surface area contributed by atoms with E-state index in [1.807, 2.05) is 56.3 Å². The summed E-state index contributed by atoms with van der Waals surface area (Å²) < 4.78 is 5.62. The highest BCUT2D eigenvalue weighted by atomic mass is 16.3. The lowest BCUT2D eigenvalue weighted by Gasteiger charge is -1.94. The zero-order valence-corrected chi connectivity index (χ0v) is 12.1. The number of hydrogen-bond acceptors (Lipinski definition) is 2. The zero-order valence-electron chi connectivity index (χ0n) is 12.1. The summed E-state index contributed by atoms with van der Waals surface area (Å²) in [6.07, 6.45) is 3.36. The summed E-state index contributed by atoms with van der Waals surface area (Å²) in [7, 11) is 0. The van der Waals surface area contributed by atoms with Crippen molar-refractivity contribution >= 4 is 22.8 Å². The maximum Gasteiger partial charge on any atom is 0.221 e. The first-order valence-corrected chi connectivity index (χ1v) is 6.91. The molecule has 0 amide bonds. The minimum absolute atomic E-state index is 0.121. The van der Waals surface area contributed by atoms with Crippen molar-refractivity contribution in [1.29, 1.82) is 0 Å². The van der Waals surface area contributed by atoms with Gasteiger partial charge in [-0.05, 0) is 43.2 Å². The molecule has 0 saturated heterocycles. The topological polar surface area (TPSA) is 30.2 Å². The van der Waals surface area contributed by atoms with E-state index in [0.29, 0.717) is 5.76 Å². The molecule has 0 aliphatic carbocycles. The van der Waals surface area contributed by atoms with Gasteiger partial charge in [0.2, 0.25) is 5.78 Å². The van der Waals surface area contributed by atoms with Crippen LogP contribution in [0.25, 0.3) is 17.0 Å². The van der Waals surface area contributed by atoms with Crippen LogP contribution in [0.2, 0.25) is 0 Å². The molecule has 1 aromatic heterocycles. The van der Waals surface area contributed by atoms with Crippen molar-refractivity contribution in [3.05, 3.63) is 77.1 Å². The quantitative estimate of drug-likeness (QED) is 0.500. The number of benzene rings is 2. The Bertz CT molecular complexity index is 820. The molecule has 2 nitrogen and oxygen atoms in total. The Morgan fingerprint density at radius 2 is 1.67 bits per heavy atom. The van der Waals surface area contributed by atoms with Gasteiger partial charge in [-0.25, -0.2) is 0 Å². The Morgan fingerprint density at radius 1 is 0.952 bits per heavy atom. The molecule has 0 bridgehead atoms. The van der Waals surface area contributed by atoms with E-state index < -0.39 is 0 Å². The van der Waals surface area contributed by atoms with E-state index >= 15 is 0 Å². The van der Waals surface area contributed by atoms with Crippen molar-refractivity contribution < 1.29 is 9.21 Å². The van der Waals surface area contributed by atoms with E-state index in [0.717, 1.165) is 22.1 Å². The Kier molecular flexibility index (Phi) is 3.44. The molecule has 0 unspecified atom stereocenters.